The minimum Gasteiger partial charge on any atom is -0.392 e. The SMILES string of the molecule is CN(C)CC1CC(O)CN1CC(=O)c1ccc(Cl)cc1Cl. The van der Waals surface area contributed by atoms with Crippen LogP contribution in [0.3, 0.4) is 0 Å². The van der Waals surface area contributed by atoms with Gasteiger partial charge in [0.1, 0.15) is 0 Å². The summed E-state index contributed by atoms with van der Waals surface area (Å²) in [7, 11) is 3.97. The second-order valence-electron chi connectivity index (χ2n) is 5.78. The van der Waals surface area contributed by atoms with Crippen LogP contribution in [0.5, 0.6) is 0 Å². The van der Waals surface area contributed by atoms with E-state index in [-0.39, 0.29) is 24.5 Å². The summed E-state index contributed by atoms with van der Waals surface area (Å²) < 4.78 is 0. The van der Waals surface area contributed by atoms with Crippen molar-refractivity contribution in [1.82, 2.24) is 9.80 Å². The van der Waals surface area contributed by atoms with Gasteiger partial charge < -0.3 is 10.0 Å². The highest BCUT2D eigenvalue weighted by Gasteiger charge is 2.32. The minimum atomic E-state index is -0.372. The molecule has 2 rings (SSSR count). The molecule has 1 aromatic rings. The Bertz CT molecular complexity index is 522. The molecule has 0 radical (unpaired) electrons. The van der Waals surface area contributed by atoms with Gasteiger partial charge in [0.25, 0.3) is 0 Å². The van der Waals surface area contributed by atoms with Gasteiger partial charge in [-0.15, -0.1) is 0 Å². The van der Waals surface area contributed by atoms with E-state index in [2.05, 4.69) is 4.90 Å². The topological polar surface area (TPSA) is 43.8 Å². The summed E-state index contributed by atoms with van der Waals surface area (Å²) in [4.78, 5) is 16.5. The molecule has 0 aromatic heterocycles. The van der Waals surface area contributed by atoms with Crippen LogP contribution in [0.25, 0.3) is 0 Å². The Morgan fingerprint density at radius 2 is 2.14 bits per heavy atom. The lowest BCUT2D eigenvalue weighted by Gasteiger charge is -2.26. The largest absolute Gasteiger partial charge is 0.392 e. The molecule has 1 fully saturated rings. The number of Topliss-reactive ketones (excluding diaryl/α,β-unsaturated/α-hetero) is 1. The Kier molecular flexibility index (Phi) is 5.63. The van der Waals surface area contributed by atoms with Crippen LogP contribution >= 0.6 is 23.2 Å². The first kappa shape index (κ1) is 16.7. The van der Waals surface area contributed by atoms with Crippen molar-refractivity contribution in [3.05, 3.63) is 33.8 Å². The van der Waals surface area contributed by atoms with Crippen molar-refractivity contribution in [2.45, 2.75) is 18.6 Å². The number of aliphatic hydroxyl groups is 1. The molecule has 0 amide bonds. The van der Waals surface area contributed by atoms with Crippen LogP contribution in [0.15, 0.2) is 18.2 Å². The number of carbonyl (C=O) groups is 1. The van der Waals surface area contributed by atoms with Crippen molar-refractivity contribution >= 4 is 29.0 Å². The zero-order chi connectivity index (χ0) is 15.6. The van der Waals surface area contributed by atoms with Crippen molar-refractivity contribution in [3.63, 3.8) is 0 Å². The molecule has 2 atom stereocenters. The normalized spacial score (nSPS) is 23.0. The Balaban J connectivity index is 2.07. The fourth-order valence-corrected chi connectivity index (χ4v) is 3.26. The van der Waals surface area contributed by atoms with E-state index in [1.807, 2.05) is 19.0 Å². The van der Waals surface area contributed by atoms with Gasteiger partial charge >= 0.3 is 0 Å². The molecule has 1 saturated heterocycles. The van der Waals surface area contributed by atoms with Gasteiger partial charge in [0.15, 0.2) is 5.78 Å². The zero-order valence-corrected chi connectivity index (χ0v) is 13.7. The van der Waals surface area contributed by atoms with Gasteiger partial charge in [0, 0.05) is 29.7 Å². The predicted octanol–water partition coefficient (Wildman–Crippen LogP) is 2.17. The molecular formula is C15H20Cl2N2O2. The number of hydrogen-bond donors (Lipinski definition) is 1. The molecule has 1 heterocycles. The van der Waals surface area contributed by atoms with Crippen LogP contribution in [0.2, 0.25) is 10.0 Å². The average Bonchev–Trinajstić information content (AvgIpc) is 2.68. The minimum absolute atomic E-state index is 0.0467. The van der Waals surface area contributed by atoms with Gasteiger partial charge in [-0.05, 0) is 38.7 Å². The van der Waals surface area contributed by atoms with E-state index in [0.717, 1.165) is 6.54 Å². The van der Waals surface area contributed by atoms with Gasteiger partial charge in [0.05, 0.1) is 17.7 Å². The third kappa shape index (κ3) is 4.41. The number of aliphatic hydroxyl groups excluding tert-OH is 1. The van der Waals surface area contributed by atoms with Crippen molar-refractivity contribution in [3.8, 4) is 0 Å². The fraction of sp³-hybridized carbons (Fsp3) is 0.533. The van der Waals surface area contributed by atoms with Crippen LogP contribution in [0.4, 0.5) is 0 Å². The summed E-state index contributed by atoms with van der Waals surface area (Å²) in [6.07, 6.45) is 0.322. The van der Waals surface area contributed by atoms with Crippen LogP contribution in [0, 0.1) is 0 Å². The van der Waals surface area contributed by atoms with Crippen LogP contribution in [-0.4, -0.2) is 66.6 Å². The van der Waals surface area contributed by atoms with Crippen LogP contribution in [0.1, 0.15) is 16.8 Å². The third-order valence-corrected chi connectivity index (χ3v) is 4.21. The van der Waals surface area contributed by atoms with Gasteiger partial charge in [-0.3, -0.25) is 9.69 Å². The van der Waals surface area contributed by atoms with Crippen molar-refractivity contribution in [2.24, 2.45) is 0 Å². The molecule has 116 valence electrons. The van der Waals surface area contributed by atoms with Crippen LogP contribution < -0.4 is 0 Å². The highest BCUT2D eigenvalue weighted by Crippen LogP contribution is 2.23. The molecule has 1 aliphatic rings. The standard InChI is InChI=1S/C15H20Cl2N2O2/c1-18(2)7-11-6-12(20)8-19(11)9-15(21)13-4-3-10(16)5-14(13)17/h3-5,11-12,20H,6-9H2,1-2H3. The van der Waals surface area contributed by atoms with E-state index < -0.39 is 0 Å². The second-order valence-corrected chi connectivity index (χ2v) is 6.63. The maximum atomic E-state index is 12.4. The number of halogens is 2. The summed E-state index contributed by atoms with van der Waals surface area (Å²) in [5.74, 6) is -0.0467. The number of carbonyl (C=O) groups excluding carboxylic acids is 1. The number of likely N-dealkylation sites (tertiary alicyclic amines) is 1. The van der Waals surface area contributed by atoms with E-state index in [0.29, 0.717) is 28.6 Å². The van der Waals surface area contributed by atoms with Crippen molar-refractivity contribution in [1.29, 1.82) is 0 Å². The Morgan fingerprint density at radius 1 is 1.43 bits per heavy atom. The first-order valence-corrected chi connectivity index (χ1v) is 7.67. The smallest absolute Gasteiger partial charge is 0.178 e. The maximum Gasteiger partial charge on any atom is 0.178 e. The quantitative estimate of drug-likeness (QED) is 0.840. The first-order valence-electron chi connectivity index (χ1n) is 6.92. The molecule has 21 heavy (non-hydrogen) atoms. The van der Waals surface area contributed by atoms with E-state index in [1.54, 1.807) is 18.2 Å². The fourth-order valence-electron chi connectivity index (χ4n) is 2.75. The van der Waals surface area contributed by atoms with E-state index >= 15 is 0 Å². The average molecular weight is 331 g/mol. The highest BCUT2D eigenvalue weighted by atomic mass is 35.5. The summed E-state index contributed by atoms with van der Waals surface area (Å²) in [5, 5.41) is 10.7. The molecular weight excluding hydrogens is 311 g/mol. The molecule has 1 N–H and O–H groups in total. The second kappa shape index (κ2) is 7.07. The van der Waals surface area contributed by atoms with Gasteiger partial charge in [-0.1, -0.05) is 23.2 Å². The molecule has 0 bridgehead atoms. The van der Waals surface area contributed by atoms with Crippen molar-refractivity contribution in [2.75, 3.05) is 33.7 Å². The first-order chi connectivity index (χ1) is 9.86. The third-order valence-electron chi connectivity index (χ3n) is 3.66. The lowest BCUT2D eigenvalue weighted by molar-refractivity contribution is 0.0902. The Labute approximate surface area is 135 Å². The Morgan fingerprint density at radius 3 is 2.76 bits per heavy atom. The number of nitrogens with zero attached hydrogens (tertiary/aromatic N) is 2. The molecule has 0 saturated carbocycles. The summed E-state index contributed by atoms with van der Waals surface area (Å²) in [6.45, 7) is 1.60. The predicted molar refractivity (Wildman–Crippen MR) is 85.3 cm³/mol. The number of ketones is 1. The molecule has 6 heteroatoms. The molecule has 0 spiro atoms. The van der Waals surface area contributed by atoms with Crippen LogP contribution in [-0.2, 0) is 0 Å². The zero-order valence-electron chi connectivity index (χ0n) is 12.2. The monoisotopic (exact) mass is 330 g/mol. The summed E-state index contributed by atoms with van der Waals surface area (Å²) in [5.41, 5.74) is 0.478. The van der Waals surface area contributed by atoms with Crippen molar-refractivity contribution < 1.29 is 9.90 Å². The van der Waals surface area contributed by atoms with E-state index in [9.17, 15) is 9.90 Å². The van der Waals surface area contributed by atoms with E-state index in [4.69, 9.17) is 23.2 Å². The molecule has 2 unspecified atom stereocenters. The summed E-state index contributed by atoms with van der Waals surface area (Å²) in [6, 6.07) is 5.08. The van der Waals surface area contributed by atoms with Gasteiger partial charge in [0.2, 0.25) is 0 Å². The lowest BCUT2D eigenvalue weighted by atomic mass is 10.1. The highest BCUT2D eigenvalue weighted by molar-refractivity contribution is 6.36. The Hall–Kier alpha value is -0.650. The molecule has 1 aliphatic heterocycles. The lowest BCUT2D eigenvalue weighted by Crippen LogP contribution is -2.40. The number of β-amino-alcohol motifs (C(OH)–C–C–N with tert-alkyl or cyclic N) is 1. The number of benzene rings is 1. The maximum absolute atomic E-state index is 12.4. The number of hydrogen-bond acceptors (Lipinski definition) is 4. The van der Waals surface area contributed by atoms with E-state index in [1.165, 1.54) is 0 Å². The van der Waals surface area contributed by atoms with Gasteiger partial charge in [-0.2, -0.15) is 0 Å². The molecule has 0 aliphatic carbocycles. The van der Waals surface area contributed by atoms with Gasteiger partial charge in [-0.25, -0.2) is 0 Å². The molecule has 4 nitrogen and oxygen atoms in total. The number of rotatable bonds is 5. The number of likely N-dealkylation sites (N-methyl/N-ethyl adjacent to an activating group) is 1. The molecule has 1 aromatic carbocycles. The summed E-state index contributed by atoms with van der Waals surface area (Å²) >= 11 is 11.9.